The predicted molar refractivity (Wildman–Crippen MR) is 115 cm³/mol. The molecule has 0 saturated carbocycles. The van der Waals surface area contributed by atoms with Crippen molar-refractivity contribution in [1.82, 2.24) is 5.32 Å². The van der Waals surface area contributed by atoms with E-state index < -0.39 is 0 Å². The molecule has 0 spiro atoms. The Morgan fingerprint density at radius 3 is 2.48 bits per heavy atom. The summed E-state index contributed by atoms with van der Waals surface area (Å²) in [5.41, 5.74) is 1.87. The second-order valence-corrected chi connectivity index (χ2v) is 8.42. The first-order chi connectivity index (χ1) is 13.2. The van der Waals surface area contributed by atoms with Crippen LogP contribution in [0.15, 0.2) is 76.2 Å². The van der Waals surface area contributed by atoms with E-state index in [4.69, 9.17) is 16.0 Å². The molecule has 3 aromatic rings. The van der Waals surface area contributed by atoms with Crippen LogP contribution in [0.25, 0.3) is 0 Å². The van der Waals surface area contributed by atoms with Crippen molar-refractivity contribution in [3.63, 3.8) is 0 Å². The Labute approximate surface area is 172 Å². The lowest BCUT2D eigenvalue weighted by Crippen LogP contribution is -2.25. The summed E-state index contributed by atoms with van der Waals surface area (Å²) in [5, 5.41) is 3.70. The minimum atomic E-state index is -0.0366. The topological polar surface area (TPSA) is 42.2 Å². The van der Waals surface area contributed by atoms with Gasteiger partial charge >= 0.3 is 0 Å². The number of thioether (sulfide) groups is 2. The Kier molecular flexibility index (Phi) is 7.75. The first-order valence-corrected chi connectivity index (χ1v) is 11.1. The van der Waals surface area contributed by atoms with E-state index in [0.717, 1.165) is 28.0 Å². The lowest BCUT2D eigenvalue weighted by atomic mass is 10.1. The van der Waals surface area contributed by atoms with Gasteiger partial charge in [0.25, 0.3) is 5.91 Å². The lowest BCUT2D eigenvalue weighted by molar-refractivity contribution is 0.0956. The molecular weight excluding hydrogens is 398 g/mol. The zero-order chi connectivity index (χ0) is 18.9. The number of amides is 1. The Balaban J connectivity index is 1.38. The molecule has 1 aromatic heterocycles. The second-order valence-electron chi connectivity index (χ2n) is 5.83. The van der Waals surface area contributed by atoms with E-state index in [1.807, 2.05) is 60.7 Å². The quantitative estimate of drug-likeness (QED) is 0.348. The SMILES string of the molecule is O=C(NCCSCc1ccco1)c1ccc(CSc2ccc(Cl)cc2)cc1. The van der Waals surface area contributed by atoms with Gasteiger partial charge in [-0.25, -0.2) is 0 Å². The summed E-state index contributed by atoms with van der Waals surface area (Å²) in [4.78, 5) is 13.4. The molecule has 0 bridgehead atoms. The zero-order valence-corrected chi connectivity index (χ0v) is 17.1. The van der Waals surface area contributed by atoms with Crippen molar-refractivity contribution >= 4 is 41.0 Å². The number of halogens is 1. The number of carbonyl (C=O) groups excluding carboxylic acids is 1. The lowest BCUT2D eigenvalue weighted by Gasteiger charge is -2.06. The molecule has 3 nitrogen and oxygen atoms in total. The van der Waals surface area contributed by atoms with Crippen LogP contribution in [0.5, 0.6) is 0 Å². The van der Waals surface area contributed by atoms with Crippen LogP contribution in [0.2, 0.25) is 5.02 Å². The molecule has 0 atom stereocenters. The van der Waals surface area contributed by atoms with Crippen molar-refractivity contribution in [2.24, 2.45) is 0 Å². The van der Waals surface area contributed by atoms with E-state index in [0.29, 0.717) is 12.1 Å². The normalized spacial score (nSPS) is 10.7. The van der Waals surface area contributed by atoms with Gasteiger partial charge in [0.1, 0.15) is 5.76 Å². The molecule has 0 unspecified atom stereocenters. The maximum atomic E-state index is 12.2. The van der Waals surface area contributed by atoms with Crippen molar-refractivity contribution < 1.29 is 9.21 Å². The fourth-order valence-electron chi connectivity index (χ4n) is 2.36. The van der Waals surface area contributed by atoms with Crippen LogP contribution in [0.1, 0.15) is 21.7 Å². The first kappa shape index (κ1) is 19.9. The van der Waals surface area contributed by atoms with Crippen LogP contribution in [0, 0.1) is 0 Å². The summed E-state index contributed by atoms with van der Waals surface area (Å²) in [7, 11) is 0. The molecule has 0 fully saturated rings. The van der Waals surface area contributed by atoms with E-state index in [9.17, 15) is 4.79 Å². The minimum Gasteiger partial charge on any atom is -0.468 e. The summed E-state index contributed by atoms with van der Waals surface area (Å²) < 4.78 is 5.28. The summed E-state index contributed by atoms with van der Waals surface area (Å²) in [5.74, 6) is 3.45. The highest BCUT2D eigenvalue weighted by atomic mass is 35.5. The highest BCUT2D eigenvalue weighted by Crippen LogP contribution is 2.24. The molecule has 0 saturated heterocycles. The van der Waals surface area contributed by atoms with Gasteiger partial charge in [0, 0.05) is 33.5 Å². The zero-order valence-electron chi connectivity index (χ0n) is 14.7. The Bertz CT molecular complexity index is 834. The van der Waals surface area contributed by atoms with Gasteiger partial charge in [-0.3, -0.25) is 4.79 Å². The van der Waals surface area contributed by atoms with Crippen LogP contribution >= 0.6 is 35.1 Å². The molecule has 3 rings (SSSR count). The van der Waals surface area contributed by atoms with Crippen molar-refractivity contribution in [3.8, 4) is 0 Å². The molecule has 27 heavy (non-hydrogen) atoms. The third kappa shape index (κ3) is 6.69. The molecular formula is C21H20ClNO2S2. The molecule has 1 N–H and O–H groups in total. The monoisotopic (exact) mass is 417 g/mol. The maximum Gasteiger partial charge on any atom is 0.251 e. The van der Waals surface area contributed by atoms with E-state index >= 15 is 0 Å². The summed E-state index contributed by atoms with van der Waals surface area (Å²) in [6.45, 7) is 0.637. The summed E-state index contributed by atoms with van der Waals surface area (Å²) in [6, 6.07) is 19.4. The Morgan fingerprint density at radius 1 is 1.00 bits per heavy atom. The highest BCUT2D eigenvalue weighted by Gasteiger charge is 2.05. The van der Waals surface area contributed by atoms with Crippen molar-refractivity contribution in [2.75, 3.05) is 12.3 Å². The number of hydrogen-bond donors (Lipinski definition) is 1. The van der Waals surface area contributed by atoms with Gasteiger partial charge in [-0.1, -0.05) is 23.7 Å². The van der Waals surface area contributed by atoms with E-state index in [-0.39, 0.29) is 5.91 Å². The van der Waals surface area contributed by atoms with Crippen LogP contribution in [0.3, 0.4) is 0 Å². The molecule has 0 aliphatic heterocycles. The van der Waals surface area contributed by atoms with E-state index in [2.05, 4.69) is 5.32 Å². The third-order valence-electron chi connectivity index (χ3n) is 3.79. The molecule has 1 heterocycles. The number of hydrogen-bond acceptors (Lipinski definition) is 4. The highest BCUT2D eigenvalue weighted by molar-refractivity contribution is 7.98. The molecule has 1 amide bonds. The molecule has 140 valence electrons. The number of nitrogens with one attached hydrogen (secondary N) is 1. The van der Waals surface area contributed by atoms with Gasteiger partial charge in [-0.2, -0.15) is 11.8 Å². The molecule has 0 aliphatic rings. The Hall–Kier alpha value is -1.82. The fourth-order valence-corrected chi connectivity index (χ4v) is 4.09. The van der Waals surface area contributed by atoms with Crippen molar-refractivity contribution in [1.29, 1.82) is 0 Å². The predicted octanol–water partition coefficient (Wildman–Crippen LogP) is 5.89. The van der Waals surface area contributed by atoms with E-state index in [1.54, 1.807) is 29.8 Å². The second kappa shape index (κ2) is 10.5. The first-order valence-electron chi connectivity index (χ1n) is 8.56. The Morgan fingerprint density at radius 2 is 1.78 bits per heavy atom. The maximum absolute atomic E-state index is 12.2. The van der Waals surface area contributed by atoms with Crippen molar-refractivity contribution in [2.45, 2.75) is 16.4 Å². The largest absolute Gasteiger partial charge is 0.468 e. The molecule has 0 radical (unpaired) electrons. The third-order valence-corrected chi connectivity index (χ3v) is 6.11. The van der Waals surface area contributed by atoms with E-state index in [1.165, 1.54) is 10.5 Å². The van der Waals surface area contributed by atoms with Gasteiger partial charge in [0.15, 0.2) is 0 Å². The number of rotatable bonds is 9. The molecule has 6 heteroatoms. The summed E-state index contributed by atoms with van der Waals surface area (Å²) in [6.07, 6.45) is 1.68. The summed E-state index contributed by atoms with van der Waals surface area (Å²) >= 11 is 9.38. The van der Waals surface area contributed by atoms with Crippen LogP contribution in [-0.2, 0) is 11.5 Å². The van der Waals surface area contributed by atoms with Crippen molar-refractivity contribution in [3.05, 3.63) is 88.8 Å². The van der Waals surface area contributed by atoms with Crippen LogP contribution < -0.4 is 5.32 Å². The average molecular weight is 418 g/mol. The van der Waals surface area contributed by atoms with Crippen LogP contribution in [0.4, 0.5) is 0 Å². The van der Waals surface area contributed by atoms with Crippen LogP contribution in [-0.4, -0.2) is 18.2 Å². The van der Waals surface area contributed by atoms with Gasteiger partial charge in [0.2, 0.25) is 0 Å². The smallest absolute Gasteiger partial charge is 0.251 e. The number of furan rings is 1. The minimum absolute atomic E-state index is 0.0366. The number of carbonyl (C=O) groups is 1. The van der Waals surface area contributed by atoms with Gasteiger partial charge in [-0.15, -0.1) is 11.8 Å². The van der Waals surface area contributed by atoms with Gasteiger partial charge in [0.05, 0.1) is 12.0 Å². The number of benzene rings is 2. The average Bonchev–Trinajstić information content (AvgIpc) is 3.21. The molecule has 0 aliphatic carbocycles. The van der Waals surface area contributed by atoms with Gasteiger partial charge in [-0.05, 0) is 54.1 Å². The molecule has 2 aromatic carbocycles. The fraction of sp³-hybridized carbons (Fsp3) is 0.190. The van der Waals surface area contributed by atoms with Gasteiger partial charge < -0.3 is 9.73 Å². The standard InChI is InChI=1S/C21H20ClNO2S2/c22-18-7-9-20(10-8-18)27-14-16-3-5-17(6-4-16)21(24)23-11-13-26-15-19-2-1-12-25-19/h1-10,12H,11,13-15H2,(H,23,24).